The van der Waals surface area contributed by atoms with Gasteiger partial charge in [0.1, 0.15) is 5.69 Å². The minimum Gasteiger partial charge on any atom is -0.381 e. The minimum atomic E-state index is 0.454. The van der Waals surface area contributed by atoms with Crippen LogP contribution in [-0.2, 0) is 11.8 Å². The van der Waals surface area contributed by atoms with Crippen molar-refractivity contribution in [3.8, 4) is 23.0 Å². The number of benzene rings is 2. The van der Waals surface area contributed by atoms with E-state index in [9.17, 15) is 0 Å². The molecule has 5 rings (SSSR count). The van der Waals surface area contributed by atoms with Crippen molar-refractivity contribution in [3.63, 3.8) is 0 Å². The third kappa shape index (κ3) is 4.59. The van der Waals surface area contributed by atoms with Crippen molar-refractivity contribution < 1.29 is 4.74 Å². The number of hydrogen-bond acceptors (Lipinski definition) is 4. The van der Waals surface area contributed by atoms with Crippen LogP contribution in [0, 0.1) is 11.8 Å². The molecule has 33 heavy (non-hydrogen) atoms. The largest absolute Gasteiger partial charge is 0.381 e. The first-order valence-corrected chi connectivity index (χ1v) is 11.5. The average molecular weight is 457 g/mol. The van der Waals surface area contributed by atoms with E-state index in [1.807, 2.05) is 54.7 Å². The maximum atomic E-state index is 5.97. The van der Waals surface area contributed by atoms with E-state index in [4.69, 9.17) is 21.3 Å². The van der Waals surface area contributed by atoms with E-state index >= 15 is 0 Å². The Hall–Kier alpha value is -3.33. The number of anilines is 1. The molecule has 0 amide bonds. The standard InChI is InChI=1S/C27H25ClN4O/c1-31(24-13-15-33-16-14-24)27-30-25-17-19(4-12-26(25)32(27)2)3-10-23-11-7-21(18-29-23)20-5-8-22(28)9-6-20/h4-9,11-12,17-18,24H,13-16H2,1-2H3. The first kappa shape index (κ1) is 21.5. The Morgan fingerprint density at radius 3 is 2.48 bits per heavy atom. The Bertz CT molecular complexity index is 1330. The molecular weight excluding hydrogens is 432 g/mol. The third-order valence-corrected chi connectivity index (χ3v) is 6.44. The monoisotopic (exact) mass is 456 g/mol. The number of nitrogens with zero attached hydrogens (tertiary/aromatic N) is 4. The van der Waals surface area contributed by atoms with Gasteiger partial charge < -0.3 is 14.2 Å². The number of halogens is 1. The molecule has 1 fully saturated rings. The van der Waals surface area contributed by atoms with Crippen LogP contribution in [0.3, 0.4) is 0 Å². The highest BCUT2D eigenvalue weighted by Crippen LogP contribution is 2.25. The summed E-state index contributed by atoms with van der Waals surface area (Å²) in [5, 5.41) is 0.724. The van der Waals surface area contributed by atoms with Crippen molar-refractivity contribution >= 4 is 28.6 Å². The fourth-order valence-corrected chi connectivity index (χ4v) is 4.36. The minimum absolute atomic E-state index is 0.454. The molecule has 2 aromatic carbocycles. The molecule has 0 radical (unpaired) electrons. The van der Waals surface area contributed by atoms with Crippen LogP contribution in [0.5, 0.6) is 0 Å². The van der Waals surface area contributed by atoms with Crippen LogP contribution < -0.4 is 4.90 Å². The fraction of sp³-hybridized carbons (Fsp3) is 0.259. The normalized spacial score (nSPS) is 14.2. The molecule has 6 heteroatoms. The van der Waals surface area contributed by atoms with Crippen LogP contribution in [0.4, 0.5) is 5.95 Å². The van der Waals surface area contributed by atoms with E-state index in [0.29, 0.717) is 6.04 Å². The Morgan fingerprint density at radius 1 is 1.00 bits per heavy atom. The smallest absolute Gasteiger partial charge is 0.206 e. The van der Waals surface area contributed by atoms with Crippen LogP contribution in [0.25, 0.3) is 22.2 Å². The Labute approximate surface area is 199 Å². The van der Waals surface area contributed by atoms with Gasteiger partial charge in [0.25, 0.3) is 0 Å². The summed E-state index contributed by atoms with van der Waals surface area (Å²) < 4.78 is 7.66. The van der Waals surface area contributed by atoms with Gasteiger partial charge in [0.05, 0.1) is 11.0 Å². The lowest BCUT2D eigenvalue weighted by Gasteiger charge is -2.31. The zero-order valence-corrected chi connectivity index (χ0v) is 19.5. The van der Waals surface area contributed by atoms with Gasteiger partial charge in [-0.3, -0.25) is 0 Å². The van der Waals surface area contributed by atoms with Gasteiger partial charge in [-0.15, -0.1) is 0 Å². The van der Waals surface area contributed by atoms with Gasteiger partial charge in [0, 0.05) is 55.7 Å². The molecule has 4 aromatic rings. The van der Waals surface area contributed by atoms with Gasteiger partial charge in [0.15, 0.2) is 0 Å². The van der Waals surface area contributed by atoms with Crippen LogP contribution >= 0.6 is 11.6 Å². The molecule has 166 valence electrons. The van der Waals surface area contributed by atoms with E-state index in [-0.39, 0.29) is 0 Å². The van der Waals surface area contributed by atoms with Crippen LogP contribution in [0.2, 0.25) is 5.02 Å². The number of aryl methyl sites for hydroxylation is 1. The first-order valence-electron chi connectivity index (χ1n) is 11.1. The van der Waals surface area contributed by atoms with E-state index in [1.165, 1.54) is 0 Å². The Morgan fingerprint density at radius 2 is 1.76 bits per heavy atom. The van der Waals surface area contributed by atoms with Crippen molar-refractivity contribution in [1.29, 1.82) is 0 Å². The van der Waals surface area contributed by atoms with Gasteiger partial charge in [-0.2, -0.15) is 0 Å². The lowest BCUT2D eigenvalue weighted by Crippen LogP contribution is -2.38. The number of pyridine rings is 1. The Balaban J connectivity index is 1.36. The number of aromatic nitrogens is 3. The van der Waals surface area contributed by atoms with Crippen molar-refractivity contribution in [3.05, 3.63) is 77.1 Å². The number of rotatable bonds is 3. The summed E-state index contributed by atoms with van der Waals surface area (Å²) in [5.41, 5.74) is 5.81. The maximum Gasteiger partial charge on any atom is 0.206 e. The van der Waals surface area contributed by atoms with Gasteiger partial charge in [-0.05, 0) is 60.7 Å². The molecule has 1 saturated heterocycles. The van der Waals surface area contributed by atoms with E-state index in [2.05, 4.69) is 46.5 Å². The van der Waals surface area contributed by atoms with E-state index in [1.54, 1.807) is 0 Å². The summed E-state index contributed by atoms with van der Waals surface area (Å²) >= 11 is 5.97. The molecule has 5 nitrogen and oxygen atoms in total. The Kier molecular flexibility index (Phi) is 6.04. The molecule has 0 atom stereocenters. The molecule has 1 aliphatic rings. The second kappa shape index (κ2) is 9.27. The van der Waals surface area contributed by atoms with Crippen LogP contribution in [0.1, 0.15) is 24.1 Å². The molecule has 0 saturated carbocycles. The molecular formula is C27H25ClN4O. The van der Waals surface area contributed by atoms with Gasteiger partial charge in [-0.1, -0.05) is 35.7 Å². The molecule has 0 aliphatic carbocycles. The van der Waals surface area contributed by atoms with Crippen molar-refractivity contribution in [2.45, 2.75) is 18.9 Å². The summed E-state index contributed by atoms with van der Waals surface area (Å²) in [7, 11) is 4.19. The van der Waals surface area contributed by atoms with Gasteiger partial charge in [0.2, 0.25) is 5.95 Å². The zero-order valence-electron chi connectivity index (χ0n) is 18.8. The molecule has 2 aromatic heterocycles. The van der Waals surface area contributed by atoms with Gasteiger partial charge in [-0.25, -0.2) is 9.97 Å². The molecule has 3 heterocycles. The summed E-state index contributed by atoms with van der Waals surface area (Å²) in [5.74, 6) is 7.37. The first-order chi connectivity index (χ1) is 16.1. The second-order valence-corrected chi connectivity index (χ2v) is 8.75. The number of ether oxygens (including phenoxy) is 1. The number of fused-ring (bicyclic) bond motifs is 1. The highest BCUT2D eigenvalue weighted by atomic mass is 35.5. The quantitative estimate of drug-likeness (QED) is 0.392. The van der Waals surface area contributed by atoms with Crippen LogP contribution in [0.15, 0.2) is 60.8 Å². The van der Waals surface area contributed by atoms with Gasteiger partial charge >= 0.3 is 0 Å². The highest BCUT2D eigenvalue weighted by Gasteiger charge is 2.22. The fourth-order valence-electron chi connectivity index (χ4n) is 4.23. The average Bonchev–Trinajstić information content (AvgIpc) is 3.19. The summed E-state index contributed by atoms with van der Waals surface area (Å²) in [6, 6.07) is 18.3. The highest BCUT2D eigenvalue weighted by molar-refractivity contribution is 6.30. The zero-order chi connectivity index (χ0) is 22.8. The molecule has 0 N–H and O–H groups in total. The predicted octanol–water partition coefficient (Wildman–Crippen LogP) is 5.30. The number of hydrogen-bond donors (Lipinski definition) is 0. The summed E-state index contributed by atoms with van der Waals surface area (Å²) in [6.07, 6.45) is 3.90. The SMILES string of the molecule is CN(c1nc2cc(C#Cc3ccc(-c4ccc(Cl)cc4)cn3)ccc2n1C)C1CCOCC1. The van der Waals surface area contributed by atoms with Crippen molar-refractivity contribution in [2.75, 3.05) is 25.2 Å². The lowest BCUT2D eigenvalue weighted by molar-refractivity contribution is 0.0851. The number of imidazole rings is 1. The maximum absolute atomic E-state index is 5.97. The van der Waals surface area contributed by atoms with Crippen molar-refractivity contribution in [2.24, 2.45) is 7.05 Å². The predicted molar refractivity (Wildman–Crippen MR) is 134 cm³/mol. The molecule has 1 aliphatic heterocycles. The molecule has 0 bridgehead atoms. The van der Waals surface area contributed by atoms with Crippen molar-refractivity contribution in [1.82, 2.24) is 14.5 Å². The third-order valence-electron chi connectivity index (χ3n) is 6.19. The van der Waals surface area contributed by atoms with E-state index in [0.717, 1.165) is 70.4 Å². The summed E-state index contributed by atoms with van der Waals surface area (Å²) in [6.45, 7) is 1.63. The molecule has 0 unspecified atom stereocenters. The topological polar surface area (TPSA) is 43.2 Å². The second-order valence-electron chi connectivity index (χ2n) is 8.32. The summed E-state index contributed by atoms with van der Waals surface area (Å²) in [4.78, 5) is 11.7. The lowest BCUT2D eigenvalue weighted by atomic mass is 10.1. The molecule has 0 spiro atoms. The van der Waals surface area contributed by atoms with Crippen LogP contribution in [-0.4, -0.2) is 40.8 Å². The van der Waals surface area contributed by atoms with E-state index < -0.39 is 0 Å².